The van der Waals surface area contributed by atoms with E-state index in [1.54, 1.807) is 7.11 Å². The first-order valence-electron chi connectivity index (χ1n) is 8.31. The molecule has 26 heavy (non-hydrogen) atoms. The van der Waals surface area contributed by atoms with Crippen molar-refractivity contribution in [1.29, 1.82) is 0 Å². The van der Waals surface area contributed by atoms with E-state index in [0.717, 1.165) is 25.5 Å². The van der Waals surface area contributed by atoms with Crippen LogP contribution < -0.4 is 10.6 Å². The summed E-state index contributed by atoms with van der Waals surface area (Å²) in [5, 5.41) is 9.92. The molecule has 2 aromatic rings. The lowest BCUT2D eigenvalue weighted by atomic mass is 10.2. The Kier molecular flexibility index (Phi) is 5.03. The van der Waals surface area contributed by atoms with Crippen molar-refractivity contribution in [2.75, 3.05) is 24.8 Å². The fraction of sp³-hybridized carbons (Fsp3) is 0.562. The van der Waals surface area contributed by atoms with Crippen LogP contribution in [-0.2, 0) is 10.9 Å². The zero-order chi connectivity index (χ0) is 18.9. The summed E-state index contributed by atoms with van der Waals surface area (Å²) in [5.74, 6) is -0.213. The highest BCUT2D eigenvalue weighted by molar-refractivity contribution is 5.57. The third-order valence-electron chi connectivity index (χ3n) is 4.55. The maximum atomic E-state index is 12.9. The number of methoxy groups -OCH3 is 1. The zero-order valence-electron chi connectivity index (χ0n) is 14.8. The van der Waals surface area contributed by atoms with Crippen LogP contribution in [0.2, 0.25) is 0 Å². The molecule has 2 heterocycles. The van der Waals surface area contributed by atoms with Gasteiger partial charge < -0.3 is 15.4 Å². The quantitative estimate of drug-likeness (QED) is 0.839. The van der Waals surface area contributed by atoms with Gasteiger partial charge in [-0.2, -0.15) is 23.3 Å². The standard InChI is InChI=1S/C16H21F3N6O/c1-9-11(8-25(24-9)12-5-4-6-13(12)26-3)22-15-21-7-10(16(17,18)19)14(20-2)23-15/h7-8,12-13H,4-6H2,1-3H3,(H2,20,21,22,23). The molecule has 0 amide bonds. The molecule has 1 saturated carbocycles. The highest BCUT2D eigenvalue weighted by Gasteiger charge is 2.35. The van der Waals surface area contributed by atoms with Crippen LogP contribution in [0.25, 0.3) is 0 Å². The molecule has 0 saturated heterocycles. The van der Waals surface area contributed by atoms with Gasteiger partial charge in [-0.1, -0.05) is 0 Å². The first-order valence-corrected chi connectivity index (χ1v) is 8.31. The van der Waals surface area contributed by atoms with Crippen LogP contribution in [0.3, 0.4) is 0 Å². The van der Waals surface area contributed by atoms with Crippen LogP contribution in [0, 0.1) is 6.92 Å². The van der Waals surface area contributed by atoms with Gasteiger partial charge >= 0.3 is 6.18 Å². The zero-order valence-corrected chi connectivity index (χ0v) is 14.8. The first kappa shape index (κ1) is 18.4. The molecule has 7 nitrogen and oxygen atoms in total. The molecule has 0 aliphatic heterocycles. The van der Waals surface area contributed by atoms with Gasteiger partial charge in [0.25, 0.3) is 0 Å². The Morgan fingerprint density at radius 1 is 1.31 bits per heavy atom. The van der Waals surface area contributed by atoms with Gasteiger partial charge in [0.2, 0.25) is 5.95 Å². The summed E-state index contributed by atoms with van der Waals surface area (Å²) in [7, 11) is 3.07. The number of aromatic nitrogens is 4. The molecule has 1 aliphatic carbocycles. The number of nitrogens with one attached hydrogen (secondary N) is 2. The van der Waals surface area contributed by atoms with Gasteiger partial charge in [0.15, 0.2) is 0 Å². The molecular formula is C16H21F3N6O. The molecule has 2 unspecified atom stereocenters. The molecule has 1 fully saturated rings. The van der Waals surface area contributed by atoms with Crippen LogP contribution in [0.5, 0.6) is 0 Å². The number of nitrogens with zero attached hydrogens (tertiary/aromatic N) is 4. The van der Waals surface area contributed by atoms with E-state index in [1.165, 1.54) is 7.05 Å². The average molecular weight is 370 g/mol. The maximum absolute atomic E-state index is 12.9. The van der Waals surface area contributed by atoms with Crippen molar-refractivity contribution in [2.45, 2.75) is 44.5 Å². The van der Waals surface area contributed by atoms with Crippen LogP contribution in [0.4, 0.5) is 30.6 Å². The molecule has 2 atom stereocenters. The Bertz CT molecular complexity index is 776. The van der Waals surface area contributed by atoms with Gasteiger partial charge in [0.1, 0.15) is 11.4 Å². The predicted molar refractivity (Wildman–Crippen MR) is 90.5 cm³/mol. The van der Waals surface area contributed by atoms with Gasteiger partial charge in [-0.15, -0.1) is 0 Å². The molecule has 0 radical (unpaired) electrons. The molecule has 0 aromatic carbocycles. The predicted octanol–water partition coefficient (Wildman–Crippen LogP) is 3.53. The van der Waals surface area contributed by atoms with E-state index < -0.39 is 11.7 Å². The number of rotatable bonds is 5. The molecule has 2 aromatic heterocycles. The lowest BCUT2D eigenvalue weighted by Gasteiger charge is -2.18. The Morgan fingerprint density at radius 2 is 2.08 bits per heavy atom. The number of hydrogen-bond acceptors (Lipinski definition) is 6. The monoisotopic (exact) mass is 370 g/mol. The van der Waals surface area contributed by atoms with Gasteiger partial charge in [-0.05, 0) is 26.2 Å². The van der Waals surface area contributed by atoms with Gasteiger partial charge in [-0.25, -0.2) is 4.98 Å². The Hall–Kier alpha value is -2.36. The minimum atomic E-state index is -4.52. The van der Waals surface area contributed by atoms with E-state index in [4.69, 9.17) is 4.74 Å². The summed E-state index contributed by atoms with van der Waals surface area (Å²) in [6, 6.07) is 0.149. The SMILES string of the molecule is CNc1nc(Nc2cn(C3CCCC3OC)nc2C)ncc1C(F)(F)F. The summed E-state index contributed by atoms with van der Waals surface area (Å²) in [6.45, 7) is 1.82. The minimum Gasteiger partial charge on any atom is -0.379 e. The number of aryl methyl sites for hydroxylation is 1. The fourth-order valence-electron chi connectivity index (χ4n) is 3.22. The summed E-state index contributed by atoms with van der Waals surface area (Å²) in [5.41, 5.74) is 0.446. The van der Waals surface area contributed by atoms with E-state index in [2.05, 4.69) is 25.7 Å². The van der Waals surface area contributed by atoms with Crippen LogP contribution in [0.1, 0.15) is 36.6 Å². The van der Waals surface area contributed by atoms with E-state index in [0.29, 0.717) is 11.4 Å². The van der Waals surface area contributed by atoms with Crippen LogP contribution >= 0.6 is 0 Å². The topological polar surface area (TPSA) is 76.9 Å². The maximum Gasteiger partial charge on any atom is 0.421 e. The van der Waals surface area contributed by atoms with Gasteiger partial charge in [-0.3, -0.25) is 4.68 Å². The first-order chi connectivity index (χ1) is 12.3. The molecule has 0 bridgehead atoms. The molecule has 3 rings (SSSR count). The molecular weight excluding hydrogens is 349 g/mol. The fourth-order valence-corrected chi connectivity index (χ4v) is 3.22. The second kappa shape index (κ2) is 7.10. The van der Waals surface area contributed by atoms with Crippen molar-refractivity contribution in [2.24, 2.45) is 0 Å². The normalized spacial score (nSPS) is 20.4. The van der Waals surface area contributed by atoms with Crippen molar-refractivity contribution in [1.82, 2.24) is 19.7 Å². The summed E-state index contributed by atoms with van der Waals surface area (Å²) < 4.78 is 46.2. The Labute approximate surface area is 149 Å². The lowest BCUT2D eigenvalue weighted by Crippen LogP contribution is -2.21. The second-order valence-electron chi connectivity index (χ2n) is 6.21. The number of halogens is 3. The van der Waals surface area contributed by atoms with E-state index >= 15 is 0 Å². The van der Waals surface area contributed by atoms with Crippen molar-refractivity contribution < 1.29 is 17.9 Å². The van der Waals surface area contributed by atoms with Crippen molar-refractivity contribution >= 4 is 17.5 Å². The Morgan fingerprint density at radius 3 is 2.73 bits per heavy atom. The smallest absolute Gasteiger partial charge is 0.379 e. The highest BCUT2D eigenvalue weighted by Crippen LogP contribution is 2.35. The molecule has 142 valence electrons. The number of alkyl halides is 3. The lowest BCUT2D eigenvalue weighted by molar-refractivity contribution is -0.137. The third kappa shape index (κ3) is 3.59. The second-order valence-corrected chi connectivity index (χ2v) is 6.21. The van der Waals surface area contributed by atoms with Crippen molar-refractivity contribution in [3.05, 3.63) is 23.7 Å². The summed E-state index contributed by atoms with van der Waals surface area (Å²) in [4.78, 5) is 7.70. The Balaban J connectivity index is 1.83. The molecule has 1 aliphatic rings. The minimum absolute atomic E-state index is 0.0692. The largest absolute Gasteiger partial charge is 0.421 e. The summed E-state index contributed by atoms with van der Waals surface area (Å²) >= 11 is 0. The molecule has 0 spiro atoms. The molecule has 10 heteroatoms. The third-order valence-corrected chi connectivity index (χ3v) is 4.55. The highest BCUT2D eigenvalue weighted by atomic mass is 19.4. The van der Waals surface area contributed by atoms with Crippen LogP contribution in [-0.4, -0.2) is 40.0 Å². The number of ether oxygens (including phenoxy) is 1. The van der Waals surface area contributed by atoms with Gasteiger partial charge in [0, 0.05) is 26.6 Å². The number of anilines is 3. The van der Waals surface area contributed by atoms with Crippen molar-refractivity contribution in [3.63, 3.8) is 0 Å². The summed E-state index contributed by atoms with van der Waals surface area (Å²) in [6.07, 6.45) is 1.19. The van der Waals surface area contributed by atoms with E-state index in [-0.39, 0.29) is 23.9 Å². The van der Waals surface area contributed by atoms with Crippen molar-refractivity contribution in [3.8, 4) is 0 Å². The molecule has 2 N–H and O–H groups in total. The van der Waals surface area contributed by atoms with Crippen LogP contribution in [0.15, 0.2) is 12.4 Å². The number of hydrogen-bond donors (Lipinski definition) is 2. The van der Waals surface area contributed by atoms with Gasteiger partial charge in [0.05, 0.1) is 23.5 Å². The average Bonchev–Trinajstić information content (AvgIpc) is 3.20. The van der Waals surface area contributed by atoms with E-state index in [1.807, 2.05) is 17.8 Å². The van der Waals surface area contributed by atoms with E-state index in [9.17, 15) is 13.2 Å².